The quantitative estimate of drug-likeness (QED) is 0.0742. The fraction of sp³-hybridized carbons (Fsp3) is 0.326. The van der Waals surface area contributed by atoms with Gasteiger partial charge in [0, 0.05) is 32.2 Å². The van der Waals surface area contributed by atoms with Gasteiger partial charge >= 0.3 is 0 Å². The first-order valence-corrected chi connectivity index (χ1v) is 19.2. The second-order valence-corrected chi connectivity index (χ2v) is 13.5. The van der Waals surface area contributed by atoms with Crippen LogP contribution in [0.15, 0.2) is 127 Å². The van der Waals surface area contributed by atoms with E-state index in [-0.39, 0.29) is 0 Å². The molecule has 0 atom stereocenters. The summed E-state index contributed by atoms with van der Waals surface area (Å²) in [6.07, 6.45) is 2.20. The number of rotatable bonds is 21. The summed E-state index contributed by atoms with van der Waals surface area (Å²) < 4.78 is 20.8. The van der Waals surface area contributed by atoms with Crippen molar-refractivity contribution in [2.75, 3.05) is 26.2 Å². The van der Waals surface area contributed by atoms with Gasteiger partial charge in [0.1, 0.15) is 42.9 Å². The highest BCUT2D eigenvalue weighted by atomic mass is 16.5. The van der Waals surface area contributed by atoms with Crippen molar-refractivity contribution in [3.8, 4) is 17.2 Å². The maximum absolute atomic E-state index is 6.25. The lowest BCUT2D eigenvalue weighted by atomic mass is 10.1. The first-order chi connectivity index (χ1) is 26.1. The molecule has 7 nitrogen and oxygen atoms in total. The van der Waals surface area contributed by atoms with Crippen LogP contribution in [0.5, 0.6) is 17.2 Å². The highest BCUT2D eigenvalue weighted by Gasteiger charge is 2.17. The Morgan fingerprint density at radius 2 is 1.09 bits per heavy atom. The molecule has 0 aliphatic carbocycles. The number of hydrogen-bond acceptors (Lipinski definition) is 6. The molecule has 0 radical (unpaired) electrons. The summed E-state index contributed by atoms with van der Waals surface area (Å²) in [5.74, 6) is 3.70. The van der Waals surface area contributed by atoms with Crippen LogP contribution >= 0.6 is 0 Å². The topological polar surface area (TPSA) is 52.0 Å². The Labute approximate surface area is 315 Å². The maximum Gasteiger partial charge on any atom is 0.124 e. The lowest BCUT2D eigenvalue weighted by molar-refractivity contribution is 0.223. The summed E-state index contributed by atoms with van der Waals surface area (Å²) >= 11 is 0. The second-order valence-electron chi connectivity index (χ2n) is 13.5. The van der Waals surface area contributed by atoms with Gasteiger partial charge in [-0.05, 0) is 78.2 Å². The van der Waals surface area contributed by atoms with Gasteiger partial charge in [0.05, 0.1) is 17.6 Å². The molecule has 1 heterocycles. The minimum Gasteiger partial charge on any atom is -0.492 e. The summed E-state index contributed by atoms with van der Waals surface area (Å²) in [5, 5.41) is 0. The lowest BCUT2D eigenvalue weighted by Gasteiger charge is -2.23. The van der Waals surface area contributed by atoms with E-state index in [1.54, 1.807) is 0 Å². The normalized spacial score (nSPS) is 11.4. The van der Waals surface area contributed by atoms with Gasteiger partial charge < -0.3 is 23.7 Å². The predicted molar refractivity (Wildman–Crippen MR) is 215 cm³/mol. The molecular formula is C46H54N4O3. The van der Waals surface area contributed by atoms with E-state index >= 15 is 0 Å². The zero-order chi connectivity index (χ0) is 36.7. The molecule has 0 spiro atoms. The summed E-state index contributed by atoms with van der Waals surface area (Å²) in [6, 6.07) is 43.9. The van der Waals surface area contributed by atoms with Crippen LogP contribution in [0.4, 0.5) is 0 Å². The average Bonchev–Trinajstić information content (AvgIpc) is 3.54. The Hall–Kier alpha value is -5.11. The number of aromatic nitrogens is 2. The third kappa shape index (κ3) is 11.2. The molecule has 0 fully saturated rings. The standard InChI is InChI=1S/C46H54N4O3/c1-4-7-28-50-45-31-43(51-30-29-48(5-2)6-3)26-27-44(45)47-46(50)34-49(32-37-18-22-41(23-19-37)52-35-39-14-10-8-11-15-39)33-38-20-24-42(25-21-38)53-36-40-16-12-9-13-17-40/h8-27,31H,4-7,28-30,32-36H2,1-3H3. The third-order valence-electron chi connectivity index (χ3n) is 9.63. The van der Waals surface area contributed by atoms with Crippen LogP contribution in [0.3, 0.4) is 0 Å². The number of ether oxygens (including phenoxy) is 3. The van der Waals surface area contributed by atoms with E-state index in [0.717, 1.165) is 97.3 Å². The molecule has 0 saturated heterocycles. The first kappa shape index (κ1) is 37.6. The second kappa shape index (κ2) is 19.6. The van der Waals surface area contributed by atoms with Crippen LogP contribution in [-0.4, -0.2) is 45.6 Å². The van der Waals surface area contributed by atoms with Gasteiger partial charge in [-0.25, -0.2) is 4.98 Å². The molecule has 276 valence electrons. The van der Waals surface area contributed by atoms with E-state index in [0.29, 0.717) is 26.4 Å². The fourth-order valence-electron chi connectivity index (χ4n) is 6.51. The SMILES string of the molecule is CCCCn1c(CN(Cc2ccc(OCc3ccccc3)cc2)Cc2ccc(OCc3ccccc3)cc2)nc2ccc(OCCN(CC)CC)cc21. The molecular weight excluding hydrogens is 657 g/mol. The number of fused-ring (bicyclic) bond motifs is 1. The van der Waals surface area contributed by atoms with Crippen molar-refractivity contribution in [1.29, 1.82) is 0 Å². The number of hydrogen-bond donors (Lipinski definition) is 0. The zero-order valence-electron chi connectivity index (χ0n) is 31.6. The third-order valence-corrected chi connectivity index (χ3v) is 9.63. The molecule has 0 saturated carbocycles. The summed E-state index contributed by atoms with van der Waals surface area (Å²) in [6.45, 7) is 14.5. The van der Waals surface area contributed by atoms with E-state index in [1.807, 2.05) is 36.4 Å². The van der Waals surface area contributed by atoms with E-state index in [9.17, 15) is 0 Å². The number of unbranched alkanes of at least 4 members (excludes halogenated alkanes) is 1. The van der Waals surface area contributed by atoms with Crippen molar-refractivity contribution in [3.63, 3.8) is 0 Å². The first-order valence-electron chi connectivity index (χ1n) is 19.2. The van der Waals surface area contributed by atoms with Crippen molar-refractivity contribution in [2.45, 2.75) is 73.0 Å². The fourth-order valence-corrected chi connectivity index (χ4v) is 6.51. The van der Waals surface area contributed by atoms with Gasteiger partial charge in [-0.3, -0.25) is 4.90 Å². The molecule has 0 aliphatic rings. The minimum absolute atomic E-state index is 0.550. The molecule has 7 heteroatoms. The van der Waals surface area contributed by atoms with Crippen LogP contribution in [0.25, 0.3) is 11.0 Å². The molecule has 1 aromatic heterocycles. The largest absolute Gasteiger partial charge is 0.492 e. The zero-order valence-corrected chi connectivity index (χ0v) is 31.6. The minimum atomic E-state index is 0.550. The van der Waals surface area contributed by atoms with Gasteiger partial charge in [0.25, 0.3) is 0 Å². The molecule has 0 unspecified atom stereocenters. The Balaban J connectivity index is 1.20. The van der Waals surface area contributed by atoms with Crippen LogP contribution in [-0.2, 0) is 39.4 Å². The molecule has 6 rings (SSSR count). The Morgan fingerprint density at radius 3 is 1.62 bits per heavy atom. The van der Waals surface area contributed by atoms with Gasteiger partial charge in [-0.15, -0.1) is 0 Å². The number of benzene rings is 5. The average molecular weight is 711 g/mol. The monoisotopic (exact) mass is 710 g/mol. The Morgan fingerprint density at radius 1 is 0.547 bits per heavy atom. The van der Waals surface area contributed by atoms with Crippen LogP contribution in [0.1, 0.15) is 61.7 Å². The smallest absolute Gasteiger partial charge is 0.124 e. The van der Waals surface area contributed by atoms with E-state index < -0.39 is 0 Å². The van der Waals surface area contributed by atoms with Crippen LogP contribution in [0.2, 0.25) is 0 Å². The van der Waals surface area contributed by atoms with Crippen molar-refractivity contribution >= 4 is 11.0 Å². The number of nitrogens with zero attached hydrogens (tertiary/aromatic N) is 4. The van der Waals surface area contributed by atoms with Gasteiger partial charge in [-0.2, -0.15) is 0 Å². The van der Waals surface area contributed by atoms with Gasteiger partial charge in [-0.1, -0.05) is 112 Å². The van der Waals surface area contributed by atoms with Gasteiger partial charge in [0.15, 0.2) is 0 Å². The molecule has 6 aromatic rings. The predicted octanol–water partition coefficient (Wildman–Crippen LogP) is 9.92. The molecule has 0 aliphatic heterocycles. The highest BCUT2D eigenvalue weighted by Crippen LogP contribution is 2.26. The van der Waals surface area contributed by atoms with Gasteiger partial charge in [0.2, 0.25) is 0 Å². The van der Waals surface area contributed by atoms with E-state index in [4.69, 9.17) is 19.2 Å². The van der Waals surface area contributed by atoms with Crippen LogP contribution in [0, 0.1) is 0 Å². The molecule has 53 heavy (non-hydrogen) atoms. The van der Waals surface area contributed by atoms with E-state index in [1.165, 1.54) is 11.1 Å². The van der Waals surface area contributed by atoms with Crippen molar-refractivity contribution in [3.05, 3.63) is 155 Å². The number of imidazole rings is 1. The molecule has 0 bridgehead atoms. The summed E-state index contributed by atoms with van der Waals surface area (Å²) in [4.78, 5) is 10.1. The number of likely N-dealkylation sites (N-methyl/N-ethyl adjacent to an activating group) is 1. The van der Waals surface area contributed by atoms with Crippen molar-refractivity contribution in [1.82, 2.24) is 19.4 Å². The molecule has 0 N–H and O–H groups in total. The van der Waals surface area contributed by atoms with E-state index in [2.05, 4.69) is 126 Å². The van der Waals surface area contributed by atoms with Crippen LogP contribution < -0.4 is 14.2 Å². The lowest BCUT2D eigenvalue weighted by Crippen LogP contribution is -2.27. The summed E-state index contributed by atoms with van der Waals surface area (Å²) in [7, 11) is 0. The highest BCUT2D eigenvalue weighted by molar-refractivity contribution is 5.78. The molecule has 0 amide bonds. The Bertz CT molecular complexity index is 1850. The van der Waals surface area contributed by atoms with Crippen molar-refractivity contribution in [2.24, 2.45) is 0 Å². The summed E-state index contributed by atoms with van der Waals surface area (Å²) in [5.41, 5.74) is 6.90. The maximum atomic E-state index is 6.25. The Kier molecular flexibility index (Phi) is 14.0. The number of aryl methyl sites for hydroxylation is 1. The van der Waals surface area contributed by atoms with Crippen molar-refractivity contribution < 1.29 is 14.2 Å². The molecule has 5 aromatic carbocycles.